The van der Waals surface area contributed by atoms with Crippen LogP contribution in [0.4, 0.5) is 5.82 Å². The monoisotopic (exact) mass is 548 g/mol. The van der Waals surface area contributed by atoms with Gasteiger partial charge in [-0.05, 0) is 53.9 Å². The molecule has 1 atom stereocenters. The zero-order chi connectivity index (χ0) is 29.5. The number of hydrogen-bond donors (Lipinski definition) is 1. The molecule has 4 heteroatoms. The molecule has 1 saturated heterocycles. The van der Waals surface area contributed by atoms with Crippen LogP contribution in [0.1, 0.15) is 88.0 Å². The van der Waals surface area contributed by atoms with Gasteiger partial charge in [0.1, 0.15) is 11.6 Å². The van der Waals surface area contributed by atoms with Gasteiger partial charge in [-0.2, -0.15) is 0 Å². The van der Waals surface area contributed by atoms with Crippen LogP contribution in [0.2, 0.25) is 0 Å². The highest BCUT2D eigenvalue weighted by Crippen LogP contribution is 2.37. The highest BCUT2D eigenvalue weighted by atomic mass is 15.3. The van der Waals surface area contributed by atoms with Crippen molar-refractivity contribution in [1.29, 1.82) is 0 Å². The second-order valence-corrected chi connectivity index (χ2v) is 14.1. The normalized spacial score (nSPS) is 16.9. The summed E-state index contributed by atoms with van der Waals surface area (Å²) < 4.78 is 0. The maximum atomic E-state index is 5.08. The molecule has 1 unspecified atom stereocenters. The van der Waals surface area contributed by atoms with E-state index in [4.69, 9.17) is 4.98 Å². The molecule has 1 fully saturated rings. The third kappa shape index (κ3) is 6.28. The lowest BCUT2D eigenvalue weighted by Gasteiger charge is -2.45. The van der Waals surface area contributed by atoms with Crippen molar-refractivity contribution in [3.63, 3.8) is 0 Å². The molecular weight excluding hydrogens is 500 g/mol. The number of hydrogen-bond acceptors (Lipinski definition) is 3. The highest BCUT2D eigenvalue weighted by Gasteiger charge is 2.33. The van der Waals surface area contributed by atoms with Crippen LogP contribution in [-0.4, -0.2) is 40.5 Å². The van der Waals surface area contributed by atoms with E-state index in [1.807, 2.05) is 0 Å². The number of nitrogens with one attached hydrogen (secondary N) is 1. The van der Waals surface area contributed by atoms with Crippen molar-refractivity contribution in [2.24, 2.45) is 0 Å². The quantitative estimate of drug-likeness (QED) is 0.271. The van der Waals surface area contributed by atoms with E-state index in [2.05, 4.69) is 150 Å². The molecule has 1 aliphatic rings. The largest absolute Gasteiger partial charge is 0.352 e. The Bertz CT molecular complexity index is 1430. The van der Waals surface area contributed by atoms with Crippen molar-refractivity contribution in [2.45, 2.75) is 85.2 Å². The summed E-state index contributed by atoms with van der Waals surface area (Å²) in [7, 11) is 0. The molecular formula is C37H48N4. The van der Waals surface area contributed by atoms with E-state index in [-0.39, 0.29) is 16.9 Å². The molecule has 216 valence electrons. The van der Waals surface area contributed by atoms with E-state index in [0.717, 1.165) is 42.5 Å². The van der Waals surface area contributed by atoms with E-state index < -0.39 is 0 Å². The number of benzene rings is 3. The predicted octanol–water partition coefficient (Wildman–Crippen LogP) is 8.59. The number of H-pyrrole nitrogens is 1. The van der Waals surface area contributed by atoms with Gasteiger partial charge in [-0.15, -0.1) is 0 Å². The molecule has 0 saturated carbocycles. The predicted molar refractivity (Wildman–Crippen MR) is 174 cm³/mol. The Hall–Kier alpha value is -3.37. The molecule has 2 heterocycles. The standard InChI is InChI=1S/C37H48N4/c1-25-16-18-28(19-17-25)34-38-27(3)35(39-34)40-20-21-41(26(2)24-40)33(29-12-10-14-31(22-29)36(4,5)6)30-13-11-15-32(23-30)37(7,8)9/h10-19,22-23,26,33H,20-21,24H2,1-9H3,(H,38,39). The Morgan fingerprint density at radius 2 is 1.34 bits per heavy atom. The minimum Gasteiger partial charge on any atom is -0.352 e. The highest BCUT2D eigenvalue weighted by molar-refractivity contribution is 5.61. The van der Waals surface area contributed by atoms with Crippen LogP contribution in [0.3, 0.4) is 0 Å². The molecule has 1 aromatic heterocycles. The summed E-state index contributed by atoms with van der Waals surface area (Å²) in [6.07, 6.45) is 0. The lowest BCUT2D eigenvalue weighted by Crippen LogP contribution is -2.53. The molecule has 1 aliphatic heterocycles. The Labute approximate surface area is 247 Å². The summed E-state index contributed by atoms with van der Waals surface area (Å²) in [4.78, 5) is 13.8. The first-order valence-electron chi connectivity index (χ1n) is 15.2. The summed E-state index contributed by atoms with van der Waals surface area (Å²) in [5, 5.41) is 0. The van der Waals surface area contributed by atoms with Crippen molar-refractivity contribution in [3.05, 3.63) is 106 Å². The average Bonchev–Trinajstić information content (AvgIpc) is 3.31. The molecule has 4 nitrogen and oxygen atoms in total. The molecule has 5 rings (SSSR count). The van der Waals surface area contributed by atoms with Crippen molar-refractivity contribution in [2.75, 3.05) is 24.5 Å². The number of nitrogens with zero attached hydrogens (tertiary/aromatic N) is 3. The first kappa shape index (κ1) is 29.1. The maximum Gasteiger partial charge on any atom is 0.150 e. The molecule has 0 bridgehead atoms. The first-order chi connectivity index (χ1) is 19.3. The van der Waals surface area contributed by atoms with E-state index in [1.54, 1.807) is 0 Å². The van der Waals surface area contributed by atoms with Crippen LogP contribution in [0.25, 0.3) is 11.4 Å². The van der Waals surface area contributed by atoms with Gasteiger partial charge < -0.3 is 9.88 Å². The number of aryl methyl sites for hydroxylation is 2. The number of rotatable bonds is 5. The fraction of sp³-hybridized carbons (Fsp3) is 0.432. The van der Waals surface area contributed by atoms with Crippen molar-refractivity contribution in [1.82, 2.24) is 14.9 Å². The van der Waals surface area contributed by atoms with E-state index in [0.29, 0.717) is 6.04 Å². The Balaban J connectivity index is 1.47. The van der Waals surface area contributed by atoms with Gasteiger partial charge in [0, 0.05) is 31.2 Å². The van der Waals surface area contributed by atoms with E-state index >= 15 is 0 Å². The van der Waals surface area contributed by atoms with Crippen LogP contribution in [0, 0.1) is 13.8 Å². The van der Waals surface area contributed by atoms with Gasteiger partial charge in [0.05, 0.1) is 11.7 Å². The third-order valence-corrected chi connectivity index (χ3v) is 8.63. The molecule has 0 spiro atoms. The minimum absolute atomic E-state index is 0.102. The van der Waals surface area contributed by atoms with Crippen LogP contribution in [0.5, 0.6) is 0 Å². The molecule has 0 amide bonds. The van der Waals surface area contributed by atoms with Gasteiger partial charge in [-0.3, -0.25) is 4.90 Å². The number of anilines is 1. The SMILES string of the molecule is Cc1ccc(-c2nc(N3CCN(C(c4cccc(C(C)(C)C)c4)c4cccc(C(C)(C)C)c4)C(C)C3)c(C)[nH]2)cc1. The number of piperazine rings is 1. The Kier molecular flexibility index (Phi) is 7.91. The third-order valence-electron chi connectivity index (χ3n) is 8.63. The maximum absolute atomic E-state index is 5.08. The zero-order valence-corrected chi connectivity index (χ0v) is 26.5. The first-order valence-corrected chi connectivity index (χ1v) is 15.2. The second kappa shape index (κ2) is 11.1. The van der Waals surface area contributed by atoms with Crippen molar-refractivity contribution in [3.8, 4) is 11.4 Å². The number of aromatic amines is 1. The van der Waals surface area contributed by atoms with Crippen molar-refractivity contribution >= 4 is 5.82 Å². The molecule has 1 N–H and O–H groups in total. The lowest BCUT2D eigenvalue weighted by molar-refractivity contribution is 0.149. The fourth-order valence-corrected chi connectivity index (χ4v) is 6.08. The Morgan fingerprint density at radius 1 is 0.780 bits per heavy atom. The number of imidazole rings is 1. The van der Waals surface area contributed by atoms with Gasteiger partial charge >= 0.3 is 0 Å². The van der Waals surface area contributed by atoms with Crippen molar-refractivity contribution < 1.29 is 0 Å². The Morgan fingerprint density at radius 3 is 1.85 bits per heavy atom. The fourth-order valence-electron chi connectivity index (χ4n) is 6.08. The smallest absolute Gasteiger partial charge is 0.150 e. The molecule has 4 aromatic rings. The van der Waals surface area contributed by atoms with Crippen LogP contribution in [-0.2, 0) is 10.8 Å². The van der Waals surface area contributed by atoms with E-state index in [1.165, 1.54) is 27.8 Å². The molecule has 41 heavy (non-hydrogen) atoms. The summed E-state index contributed by atoms with van der Waals surface area (Å²) >= 11 is 0. The molecule has 0 aliphatic carbocycles. The van der Waals surface area contributed by atoms with Gasteiger partial charge in [-0.1, -0.05) is 120 Å². The minimum atomic E-state index is 0.102. The van der Waals surface area contributed by atoms with E-state index in [9.17, 15) is 0 Å². The molecule has 3 aromatic carbocycles. The second-order valence-electron chi connectivity index (χ2n) is 14.1. The summed E-state index contributed by atoms with van der Waals surface area (Å²) in [5.41, 5.74) is 9.25. The van der Waals surface area contributed by atoms with Gasteiger partial charge in [-0.25, -0.2) is 4.98 Å². The number of aromatic nitrogens is 2. The topological polar surface area (TPSA) is 35.2 Å². The summed E-state index contributed by atoms with van der Waals surface area (Å²) in [5.74, 6) is 2.02. The summed E-state index contributed by atoms with van der Waals surface area (Å²) in [6.45, 7) is 23.3. The van der Waals surface area contributed by atoms with Gasteiger partial charge in [0.25, 0.3) is 0 Å². The van der Waals surface area contributed by atoms with Gasteiger partial charge in [0.15, 0.2) is 0 Å². The van der Waals surface area contributed by atoms with Crippen LogP contribution >= 0.6 is 0 Å². The summed E-state index contributed by atoms with van der Waals surface area (Å²) in [6, 6.07) is 27.7. The zero-order valence-electron chi connectivity index (χ0n) is 26.5. The molecule has 0 radical (unpaired) electrons. The lowest BCUT2D eigenvalue weighted by atomic mass is 9.82. The van der Waals surface area contributed by atoms with Gasteiger partial charge in [0.2, 0.25) is 0 Å². The van der Waals surface area contributed by atoms with Crippen LogP contribution in [0.15, 0.2) is 72.8 Å². The average molecular weight is 549 g/mol. The van der Waals surface area contributed by atoms with Crippen LogP contribution < -0.4 is 4.90 Å².